The van der Waals surface area contributed by atoms with Crippen LogP contribution in [0.4, 0.5) is 0 Å². The molecule has 0 aliphatic carbocycles. The van der Waals surface area contributed by atoms with Crippen molar-refractivity contribution in [1.82, 2.24) is 10.4 Å². The third-order valence-electron chi connectivity index (χ3n) is 2.49. The second-order valence-electron chi connectivity index (χ2n) is 3.70. The van der Waals surface area contributed by atoms with Crippen LogP contribution in [-0.2, 0) is 9.53 Å². The van der Waals surface area contributed by atoms with Crippen molar-refractivity contribution in [2.75, 3.05) is 13.2 Å². The summed E-state index contributed by atoms with van der Waals surface area (Å²) in [6.45, 7) is -0.566. The zero-order chi connectivity index (χ0) is 13.0. The van der Waals surface area contributed by atoms with E-state index in [0.29, 0.717) is 0 Å². The topological polar surface area (TPSA) is 131 Å². The summed E-state index contributed by atoms with van der Waals surface area (Å²) >= 11 is 0. The monoisotopic (exact) mass is 268 g/mol. The van der Waals surface area contributed by atoms with E-state index in [2.05, 4.69) is 19.8 Å². The van der Waals surface area contributed by atoms with E-state index in [0.717, 1.165) is 0 Å². The van der Waals surface area contributed by atoms with Gasteiger partial charge >= 0.3 is 0 Å². The molecule has 1 aliphatic rings. The zero-order valence-corrected chi connectivity index (χ0v) is 10.1. The van der Waals surface area contributed by atoms with Gasteiger partial charge in [0.1, 0.15) is 24.4 Å². The van der Waals surface area contributed by atoms with Crippen LogP contribution in [0, 0.1) is 0 Å². The summed E-state index contributed by atoms with van der Waals surface area (Å²) in [7, 11) is 2.13. The lowest BCUT2D eigenvalue weighted by atomic mass is 9.97. The first kappa shape index (κ1) is 14.7. The molecule has 1 saturated heterocycles. The van der Waals surface area contributed by atoms with Crippen molar-refractivity contribution < 1.29 is 30.0 Å². The van der Waals surface area contributed by atoms with Crippen LogP contribution < -0.4 is 10.4 Å². The molecule has 0 bridgehead atoms. The fourth-order valence-corrected chi connectivity index (χ4v) is 1.77. The first-order valence-electron chi connectivity index (χ1n) is 5.04. The van der Waals surface area contributed by atoms with E-state index < -0.39 is 43.2 Å². The maximum absolute atomic E-state index is 11.3. The molecule has 6 unspecified atom stereocenters. The van der Waals surface area contributed by atoms with Crippen molar-refractivity contribution in [2.45, 2.75) is 30.6 Å². The van der Waals surface area contributed by atoms with E-state index in [1.54, 1.807) is 0 Å². The number of hydrogen-bond donors (Lipinski definition) is 6. The maximum Gasteiger partial charge on any atom is 0.234 e. The number of nitrogens with one attached hydrogen (secondary N) is 2. The largest absolute Gasteiger partial charge is 0.394 e. The van der Waals surface area contributed by atoms with Crippen LogP contribution in [0.1, 0.15) is 0 Å². The number of aliphatic hydroxyl groups excluding tert-OH is 4. The van der Waals surface area contributed by atoms with Crippen molar-refractivity contribution >= 4 is 15.3 Å². The fourth-order valence-electron chi connectivity index (χ4n) is 1.58. The summed E-state index contributed by atoms with van der Waals surface area (Å²) in [6, 6.07) is -1.14. The average molecular weight is 268 g/mol. The number of carbonyl (C=O) groups excluding carboxylic acids is 1. The predicted molar refractivity (Wildman–Crippen MR) is 59.6 cm³/mol. The van der Waals surface area contributed by atoms with Crippen LogP contribution in [0.15, 0.2) is 0 Å². The molecule has 1 rings (SSSR count). The van der Waals surface area contributed by atoms with Crippen molar-refractivity contribution in [2.24, 2.45) is 0 Å². The Hall–Kier alpha value is -0.340. The number of rotatable bonds is 4. The highest BCUT2D eigenvalue weighted by Gasteiger charge is 2.44. The Morgan fingerprint density at radius 2 is 1.94 bits per heavy atom. The Balaban J connectivity index is 2.63. The van der Waals surface area contributed by atoms with Crippen molar-refractivity contribution in [3.63, 3.8) is 0 Å². The number of aliphatic hydroxyl groups is 4. The molecule has 9 heteroatoms. The minimum absolute atomic E-state index is 0.0276. The Morgan fingerprint density at radius 1 is 1.29 bits per heavy atom. The van der Waals surface area contributed by atoms with Gasteiger partial charge in [-0.3, -0.25) is 9.88 Å². The van der Waals surface area contributed by atoms with Crippen LogP contribution in [0.5, 0.6) is 0 Å². The number of amides is 1. The predicted octanol–water partition coefficient (Wildman–Crippen LogP) is -3.72. The van der Waals surface area contributed by atoms with E-state index in [1.165, 1.54) is 0 Å². The minimum Gasteiger partial charge on any atom is -0.394 e. The molecule has 0 radical (unpaired) electrons. The Labute approximate surface area is 100 Å². The SMILES string of the molecule is O=C(CNP)NC1C(O)OC(CO)C(O)C1O. The van der Waals surface area contributed by atoms with Crippen LogP contribution in [0.2, 0.25) is 0 Å². The molecule has 0 saturated carbocycles. The van der Waals surface area contributed by atoms with E-state index in [9.17, 15) is 20.1 Å². The Bertz CT molecular complexity index is 268. The molecule has 8 nitrogen and oxygen atoms in total. The summed E-state index contributed by atoms with van der Waals surface area (Å²) in [5, 5.41) is 42.4. The summed E-state index contributed by atoms with van der Waals surface area (Å²) in [6.07, 6.45) is -5.35. The highest BCUT2D eigenvalue weighted by atomic mass is 31.0. The molecule has 1 fully saturated rings. The van der Waals surface area contributed by atoms with Gasteiger partial charge in [-0.25, -0.2) is 0 Å². The van der Waals surface area contributed by atoms with Gasteiger partial charge in [-0.05, 0) is 0 Å². The highest BCUT2D eigenvalue weighted by molar-refractivity contribution is 7.13. The van der Waals surface area contributed by atoms with Gasteiger partial charge in [0.15, 0.2) is 6.29 Å². The standard InChI is InChI=1S/C8H17N2O6P/c11-2-3-6(13)7(14)5(8(15)16-3)10-4(12)1-9-17/h3,5-9,11,13-15H,1-2,17H2,(H,10,12). The molecule has 17 heavy (non-hydrogen) atoms. The molecule has 0 aromatic carbocycles. The molecule has 0 spiro atoms. The summed E-state index contributed by atoms with van der Waals surface area (Å²) in [5.41, 5.74) is 0. The number of hydrogen-bond acceptors (Lipinski definition) is 7. The van der Waals surface area contributed by atoms with Crippen LogP contribution in [-0.4, -0.2) is 70.1 Å². The molecule has 1 heterocycles. The average Bonchev–Trinajstić information content (AvgIpc) is 2.29. The molecule has 6 N–H and O–H groups in total. The summed E-state index contributed by atoms with van der Waals surface area (Å²) < 4.78 is 4.86. The molecule has 6 atom stereocenters. The van der Waals surface area contributed by atoms with Gasteiger partial charge in [0, 0.05) is 0 Å². The maximum atomic E-state index is 11.3. The second kappa shape index (κ2) is 6.55. The van der Waals surface area contributed by atoms with Gasteiger partial charge in [-0.2, -0.15) is 0 Å². The van der Waals surface area contributed by atoms with Crippen LogP contribution in [0.3, 0.4) is 0 Å². The Morgan fingerprint density at radius 3 is 2.47 bits per heavy atom. The lowest BCUT2D eigenvalue weighted by Crippen LogP contribution is -2.64. The van der Waals surface area contributed by atoms with E-state index in [4.69, 9.17) is 9.84 Å². The van der Waals surface area contributed by atoms with Gasteiger partial charge in [0.25, 0.3) is 0 Å². The van der Waals surface area contributed by atoms with E-state index >= 15 is 0 Å². The first-order valence-corrected chi connectivity index (χ1v) is 5.62. The lowest BCUT2D eigenvalue weighted by Gasteiger charge is -2.40. The lowest BCUT2D eigenvalue weighted by molar-refractivity contribution is -0.253. The summed E-state index contributed by atoms with van der Waals surface area (Å²) in [5.74, 6) is -0.471. The summed E-state index contributed by atoms with van der Waals surface area (Å²) in [4.78, 5) is 11.3. The molecule has 1 amide bonds. The molecular weight excluding hydrogens is 251 g/mol. The van der Waals surface area contributed by atoms with Gasteiger partial charge in [-0.15, -0.1) is 0 Å². The molecule has 1 aliphatic heterocycles. The number of carbonyl (C=O) groups is 1. The molecule has 0 aromatic heterocycles. The van der Waals surface area contributed by atoms with Gasteiger partial charge in [0.2, 0.25) is 5.91 Å². The Kier molecular flexibility index (Phi) is 5.68. The van der Waals surface area contributed by atoms with E-state index in [1.807, 2.05) is 0 Å². The van der Waals surface area contributed by atoms with Crippen molar-refractivity contribution in [3.05, 3.63) is 0 Å². The molecular formula is C8H17N2O6P. The second-order valence-corrected chi connectivity index (χ2v) is 4.11. The fraction of sp³-hybridized carbons (Fsp3) is 0.875. The van der Waals surface area contributed by atoms with Gasteiger partial charge < -0.3 is 30.5 Å². The third-order valence-corrected chi connectivity index (χ3v) is 2.69. The third kappa shape index (κ3) is 3.56. The van der Waals surface area contributed by atoms with Crippen LogP contribution in [0.25, 0.3) is 0 Å². The van der Waals surface area contributed by atoms with E-state index in [-0.39, 0.29) is 6.54 Å². The first-order chi connectivity index (χ1) is 8.01. The van der Waals surface area contributed by atoms with Crippen molar-refractivity contribution in [1.29, 1.82) is 0 Å². The quantitative estimate of drug-likeness (QED) is 0.289. The van der Waals surface area contributed by atoms with Crippen LogP contribution >= 0.6 is 9.39 Å². The van der Waals surface area contributed by atoms with Gasteiger partial charge in [-0.1, -0.05) is 9.39 Å². The number of ether oxygens (including phenoxy) is 1. The van der Waals surface area contributed by atoms with Gasteiger partial charge in [0.05, 0.1) is 13.2 Å². The minimum atomic E-state index is -1.49. The molecule has 100 valence electrons. The highest BCUT2D eigenvalue weighted by Crippen LogP contribution is 2.19. The zero-order valence-electron chi connectivity index (χ0n) is 8.98. The normalized spacial score (nSPS) is 37.8. The molecule has 0 aromatic rings. The smallest absolute Gasteiger partial charge is 0.234 e. The van der Waals surface area contributed by atoms with Crippen molar-refractivity contribution in [3.8, 4) is 0 Å².